The van der Waals surface area contributed by atoms with Gasteiger partial charge in [0.1, 0.15) is 0 Å². The Labute approximate surface area is 111 Å². The Hall–Kier alpha value is -1.11. The summed E-state index contributed by atoms with van der Waals surface area (Å²) in [7, 11) is 3.96. The molecular weight excluding hydrogens is 248 g/mol. The van der Waals surface area contributed by atoms with Crippen molar-refractivity contribution in [2.45, 2.75) is 26.0 Å². The third-order valence-corrected chi connectivity index (χ3v) is 3.68. The first kappa shape index (κ1) is 13.3. The van der Waals surface area contributed by atoms with Crippen LogP contribution in [0.5, 0.6) is 0 Å². The normalized spacial score (nSPS) is 13.1. The van der Waals surface area contributed by atoms with Crippen LogP contribution in [0.1, 0.15) is 19.0 Å². The van der Waals surface area contributed by atoms with E-state index in [9.17, 15) is 5.11 Å². The Balaban J connectivity index is 2.25. The molecule has 2 rings (SSSR count). The highest BCUT2D eigenvalue weighted by Gasteiger charge is 2.16. The highest BCUT2D eigenvalue weighted by Crippen LogP contribution is 2.24. The molecule has 0 aliphatic heterocycles. The summed E-state index contributed by atoms with van der Waals surface area (Å²) < 4.78 is 2.12. The van der Waals surface area contributed by atoms with Gasteiger partial charge in [-0.05, 0) is 20.4 Å². The number of thiazole rings is 1. The van der Waals surface area contributed by atoms with E-state index in [0.29, 0.717) is 0 Å². The first-order chi connectivity index (χ1) is 8.63. The van der Waals surface area contributed by atoms with Crippen molar-refractivity contribution >= 4 is 22.1 Å². The second-order valence-corrected chi connectivity index (χ2v) is 5.40. The maximum absolute atomic E-state index is 9.36. The van der Waals surface area contributed by atoms with Crippen LogP contribution in [-0.4, -0.2) is 41.2 Å². The van der Waals surface area contributed by atoms with Crippen LogP contribution in [0.3, 0.4) is 0 Å². The van der Waals surface area contributed by atoms with Crippen molar-refractivity contribution in [1.29, 1.82) is 0 Å². The van der Waals surface area contributed by atoms with Gasteiger partial charge in [0.15, 0.2) is 10.8 Å². The molecule has 0 spiro atoms. The number of hydrogen-bond acceptors (Lipinski definition) is 5. The molecule has 0 saturated carbocycles. The molecule has 2 aromatic rings. The van der Waals surface area contributed by atoms with Gasteiger partial charge in [0.25, 0.3) is 0 Å². The Bertz CT molecular complexity index is 505. The van der Waals surface area contributed by atoms with E-state index in [1.807, 2.05) is 32.6 Å². The minimum Gasteiger partial charge on any atom is -0.393 e. The van der Waals surface area contributed by atoms with E-state index >= 15 is 0 Å². The predicted molar refractivity (Wildman–Crippen MR) is 75.4 cm³/mol. The molecule has 5 nitrogen and oxygen atoms in total. The number of aliphatic hydroxyl groups excluding tert-OH is 1. The van der Waals surface area contributed by atoms with Crippen LogP contribution in [0.4, 0.5) is 5.82 Å². The van der Waals surface area contributed by atoms with E-state index in [-0.39, 0.29) is 6.10 Å². The van der Waals surface area contributed by atoms with E-state index in [2.05, 4.69) is 19.6 Å². The molecular formula is C12H20N4OS. The third kappa shape index (κ3) is 2.66. The van der Waals surface area contributed by atoms with Gasteiger partial charge in [0, 0.05) is 31.7 Å². The van der Waals surface area contributed by atoms with Crippen molar-refractivity contribution in [2.24, 2.45) is 0 Å². The van der Waals surface area contributed by atoms with Crippen molar-refractivity contribution in [2.75, 3.05) is 25.5 Å². The predicted octanol–water partition coefficient (Wildman–Crippen LogP) is 1.32. The van der Waals surface area contributed by atoms with Crippen LogP contribution >= 0.6 is 11.3 Å². The van der Waals surface area contributed by atoms with Crippen molar-refractivity contribution in [3.05, 3.63) is 17.3 Å². The highest BCUT2D eigenvalue weighted by molar-refractivity contribution is 7.15. The molecule has 0 amide bonds. The van der Waals surface area contributed by atoms with E-state index in [1.165, 1.54) is 5.69 Å². The topological polar surface area (TPSA) is 52.8 Å². The zero-order valence-corrected chi connectivity index (χ0v) is 11.9. The molecule has 1 unspecified atom stereocenters. The lowest BCUT2D eigenvalue weighted by Crippen LogP contribution is -2.24. The van der Waals surface area contributed by atoms with Gasteiger partial charge in [-0.2, -0.15) is 0 Å². The Kier molecular flexibility index (Phi) is 4.21. The van der Waals surface area contributed by atoms with Crippen LogP contribution in [0, 0.1) is 0 Å². The van der Waals surface area contributed by atoms with Gasteiger partial charge < -0.3 is 15.3 Å². The van der Waals surface area contributed by atoms with Gasteiger partial charge in [-0.1, -0.05) is 0 Å². The molecule has 0 fully saturated rings. The summed E-state index contributed by atoms with van der Waals surface area (Å²) in [6.45, 7) is 3.40. The Morgan fingerprint density at radius 2 is 2.39 bits per heavy atom. The zero-order chi connectivity index (χ0) is 13.1. The summed E-state index contributed by atoms with van der Waals surface area (Å²) in [6.07, 6.45) is 2.52. The molecule has 0 aliphatic carbocycles. The average Bonchev–Trinajstić information content (AvgIpc) is 2.89. The van der Waals surface area contributed by atoms with Crippen molar-refractivity contribution in [3.63, 3.8) is 0 Å². The minimum atomic E-state index is -0.274. The number of imidazole rings is 1. The Morgan fingerprint density at radius 3 is 3.06 bits per heavy atom. The molecule has 0 bridgehead atoms. The third-order valence-electron chi connectivity index (χ3n) is 2.93. The van der Waals surface area contributed by atoms with Crippen molar-refractivity contribution < 1.29 is 5.11 Å². The van der Waals surface area contributed by atoms with Gasteiger partial charge >= 0.3 is 0 Å². The number of aromatic nitrogens is 2. The summed E-state index contributed by atoms with van der Waals surface area (Å²) in [5.41, 5.74) is 1.17. The largest absolute Gasteiger partial charge is 0.393 e. The zero-order valence-electron chi connectivity index (χ0n) is 11.1. The summed E-state index contributed by atoms with van der Waals surface area (Å²) in [4.78, 5) is 7.78. The standard InChI is InChI=1S/C12H20N4OS/c1-9(17)4-5-15(3)11-10(8-13-2)16-6-7-18-12(16)14-11/h6-7,9,13,17H,4-5,8H2,1-3H3. The maximum Gasteiger partial charge on any atom is 0.195 e. The van der Waals surface area contributed by atoms with Gasteiger partial charge in [-0.15, -0.1) is 11.3 Å². The molecule has 0 aromatic carbocycles. The van der Waals surface area contributed by atoms with Crippen LogP contribution in [0.15, 0.2) is 11.6 Å². The molecule has 1 atom stereocenters. The molecule has 100 valence electrons. The van der Waals surface area contributed by atoms with E-state index in [1.54, 1.807) is 11.3 Å². The number of aliphatic hydroxyl groups is 1. The lowest BCUT2D eigenvalue weighted by molar-refractivity contribution is 0.187. The fourth-order valence-electron chi connectivity index (χ4n) is 1.94. The van der Waals surface area contributed by atoms with Gasteiger partial charge in [-0.3, -0.25) is 4.40 Å². The first-order valence-electron chi connectivity index (χ1n) is 6.11. The van der Waals surface area contributed by atoms with Gasteiger partial charge in [0.05, 0.1) is 11.8 Å². The van der Waals surface area contributed by atoms with Gasteiger partial charge in [-0.25, -0.2) is 4.98 Å². The number of hydrogen-bond donors (Lipinski definition) is 2. The average molecular weight is 268 g/mol. The SMILES string of the molecule is CNCc1c(N(C)CCC(C)O)nc2sccn12. The second-order valence-electron chi connectivity index (χ2n) is 4.53. The molecule has 6 heteroatoms. The van der Waals surface area contributed by atoms with E-state index in [4.69, 9.17) is 0 Å². The maximum atomic E-state index is 9.36. The number of nitrogens with zero attached hydrogens (tertiary/aromatic N) is 3. The molecule has 0 radical (unpaired) electrons. The van der Waals surface area contributed by atoms with Crippen LogP contribution in [-0.2, 0) is 6.54 Å². The quantitative estimate of drug-likeness (QED) is 0.830. The number of rotatable bonds is 6. The van der Waals surface area contributed by atoms with E-state index in [0.717, 1.165) is 30.3 Å². The van der Waals surface area contributed by atoms with Crippen LogP contribution < -0.4 is 10.2 Å². The monoisotopic (exact) mass is 268 g/mol. The molecule has 2 N–H and O–H groups in total. The minimum absolute atomic E-state index is 0.274. The summed E-state index contributed by atoms with van der Waals surface area (Å²) in [5.74, 6) is 0.997. The van der Waals surface area contributed by atoms with Crippen molar-refractivity contribution in [1.82, 2.24) is 14.7 Å². The van der Waals surface area contributed by atoms with Gasteiger partial charge in [0.2, 0.25) is 0 Å². The molecule has 2 heterocycles. The number of anilines is 1. The lowest BCUT2D eigenvalue weighted by Gasteiger charge is -2.19. The van der Waals surface area contributed by atoms with E-state index < -0.39 is 0 Å². The second kappa shape index (κ2) is 5.69. The van der Waals surface area contributed by atoms with Crippen LogP contribution in [0.2, 0.25) is 0 Å². The first-order valence-corrected chi connectivity index (χ1v) is 6.99. The summed E-state index contributed by atoms with van der Waals surface area (Å²) in [6, 6.07) is 0. The fourth-order valence-corrected chi connectivity index (χ4v) is 2.67. The molecule has 0 saturated heterocycles. The number of fused-ring (bicyclic) bond motifs is 1. The molecule has 2 aromatic heterocycles. The number of nitrogens with one attached hydrogen (secondary N) is 1. The Morgan fingerprint density at radius 1 is 1.61 bits per heavy atom. The molecule has 0 aliphatic rings. The molecule has 18 heavy (non-hydrogen) atoms. The lowest BCUT2D eigenvalue weighted by atomic mass is 10.2. The van der Waals surface area contributed by atoms with Crippen LogP contribution in [0.25, 0.3) is 4.96 Å². The van der Waals surface area contributed by atoms with Crippen molar-refractivity contribution in [3.8, 4) is 0 Å². The highest BCUT2D eigenvalue weighted by atomic mass is 32.1. The smallest absolute Gasteiger partial charge is 0.195 e. The summed E-state index contributed by atoms with van der Waals surface area (Å²) >= 11 is 1.64. The summed E-state index contributed by atoms with van der Waals surface area (Å²) in [5, 5.41) is 14.6. The fraction of sp³-hybridized carbons (Fsp3) is 0.583.